The molecule has 0 aliphatic heterocycles. The minimum atomic E-state index is -2.80. The van der Waals surface area contributed by atoms with Crippen molar-refractivity contribution in [3.63, 3.8) is 0 Å². The maximum Gasteiger partial charge on any atom is 0.254 e. The summed E-state index contributed by atoms with van der Waals surface area (Å²) in [7, 11) is 0. The van der Waals surface area contributed by atoms with Crippen LogP contribution in [0.2, 0.25) is 0 Å². The van der Waals surface area contributed by atoms with Crippen LogP contribution in [-0.2, 0) is 10.2 Å². The number of alkyl halides is 2. The molecule has 2 aliphatic carbocycles. The van der Waals surface area contributed by atoms with Crippen molar-refractivity contribution in [2.24, 2.45) is 0 Å². The first kappa shape index (κ1) is 19.5. The van der Waals surface area contributed by atoms with E-state index in [4.69, 9.17) is 0 Å². The third-order valence-corrected chi connectivity index (χ3v) is 5.29. The molecule has 3 rings (SSSR count). The fourth-order valence-corrected chi connectivity index (χ4v) is 3.56. The van der Waals surface area contributed by atoms with E-state index < -0.39 is 34.8 Å². The molecule has 1 fully saturated rings. The van der Waals surface area contributed by atoms with Gasteiger partial charge in [0.05, 0.1) is 5.57 Å². The summed E-state index contributed by atoms with van der Waals surface area (Å²) in [6.45, 7) is -0.0541. The zero-order valence-corrected chi connectivity index (χ0v) is 14.5. The Morgan fingerprint density at radius 1 is 1.07 bits per heavy atom. The van der Waals surface area contributed by atoms with Gasteiger partial charge < -0.3 is 5.32 Å². The molecule has 3 nitrogen and oxygen atoms in total. The van der Waals surface area contributed by atoms with Crippen LogP contribution < -0.4 is 5.32 Å². The van der Waals surface area contributed by atoms with Crippen molar-refractivity contribution in [2.75, 3.05) is 6.54 Å². The van der Waals surface area contributed by atoms with Crippen LogP contribution >= 0.6 is 0 Å². The second-order valence-electron chi connectivity index (χ2n) is 7.10. The Hall–Kier alpha value is -2.25. The van der Waals surface area contributed by atoms with Crippen molar-refractivity contribution >= 4 is 5.91 Å². The van der Waals surface area contributed by atoms with Crippen molar-refractivity contribution in [3.8, 4) is 0 Å². The summed E-state index contributed by atoms with van der Waals surface area (Å²) in [4.78, 5) is 15.9. The summed E-state index contributed by atoms with van der Waals surface area (Å²) in [5.74, 6) is -5.59. The summed E-state index contributed by atoms with van der Waals surface area (Å²) in [6.07, 6.45) is 1.18. The van der Waals surface area contributed by atoms with Crippen molar-refractivity contribution in [3.05, 3.63) is 53.1 Å². The minimum Gasteiger partial charge on any atom is -0.351 e. The van der Waals surface area contributed by atoms with Gasteiger partial charge in [-0.05, 0) is 30.5 Å². The van der Waals surface area contributed by atoms with E-state index in [1.54, 1.807) is 0 Å². The lowest BCUT2D eigenvalue weighted by Gasteiger charge is -2.40. The number of carbonyl (C=O) groups excluding carboxylic acids is 1. The molecule has 0 unspecified atom stereocenters. The molecule has 1 heterocycles. The summed E-state index contributed by atoms with van der Waals surface area (Å²) in [6, 6.07) is 2.59. The average Bonchev–Trinajstić information content (AvgIpc) is 2.64. The molecule has 8 heteroatoms. The van der Waals surface area contributed by atoms with Crippen molar-refractivity contribution in [1.29, 1.82) is 0 Å². The molecule has 0 saturated heterocycles. The van der Waals surface area contributed by atoms with E-state index in [0.717, 1.165) is 12.1 Å². The van der Waals surface area contributed by atoms with E-state index >= 15 is 0 Å². The lowest BCUT2D eigenvalue weighted by atomic mass is 9.68. The average molecular weight is 386 g/mol. The zero-order chi connectivity index (χ0) is 19.7. The molecule has 0 radical (unpaired) electrons. The van der Waals surface area contributed by atoms with Gasteiger partial charge in [0.2, 0.25) is 11.9 Å². The summed E-state index contributed by atoms with van der Waals surface area (Å²) < 4.78 is 67.7. The van der Waals surface area contributed by atoms with Gasteiger partial charge in [0.25, 0.3) is 5.91 Å². The largest absolute Gasteiger partial charge is 0.351 e. The first-order chi connectivity index (χ1) is 12.7. The standard InChI is InChI=1S/C19H19F5N2O/c20-13-2-3-15(21)14(9-13)17(27)26-11-18(5-7-19(23,24)8-6-18)12-1-4-16(22)25-10-12/h1,4,9-10H,2-3,5-8,11H2,(H,26,27). The molecule has 1 aromatic rings. The molecule has 0 atom stereocenters. The highest BCUT2D eigenvalue weighted by atomic mass is 19.3. The molecule has 2 aliphatic rings. The Balaban J connectivity index is 1.80. The smallest absolute Gasteiger partial charge is 0.254 e. The molecular formula is C19H19F5N2O. The van der Waals surface area contributed by atoms with Gasteiger partial charge in [0, 0.05) is 43.8 Å². The molecule has 1 aromatic heterocycles. The van der Waals surface area contributed by atoms with Crippen LogP contribution in [0.15, 0.2) is 41.6 Å². The summed E-state index contributed by atoms with van der Waals surface area (Å²) in [5, 5.41) is 2.54. The third kappa shape index (κ3) is 4.36. The van der Waals surface area contributed by atoms with Gasteiger partial charge in [-0.2, -0.15) is 4.39 Å². The lowest BCUT2D eigenvalue weighted by molar-refractivity contribution is -0.118. The molecule has 1 amide bonds. The highest BCUT2D eigenvalue weighted by Crippen LogP contribution is 2.45. The fraction of sp³-hybridized carbons (Fsp3) is 0.474. The van der Waals surface area contributed by atoms with Crippen LogP contribution in [0.5, 0.6) is 0 Å². The number of halogens is 5. The fourth-order valence-electron chi connectivity index (χ4n) is 3.56. The van der Waals surface area contributed by atoms with Crippen LogP contribution in [0.4, 0.5) is 22.0 Å². The number of carbonyl (C=O) groups is 1. The van der Waals surface area contributed by atoms with E-state index in [2.05, 4.69) is 10.3 Å². The van der Waals surface area contributed by atoms with Gasteiger partial charge in [-0.3, -0.25) is 4.79 Å². The van der Waals surface area contributed by atoms with Crippen LogP contribution in [0.1, 0.15) is 44.1 Å². The van der Waals surface area contributed by atoms with Gasteiger partial charge in [0.1, 0.15) is 11.7 Å². The van der Waals surface area contributed by atoms with E-state index in [-0.39, 0.29) is 50.6 Å². The molecule has 0 bridgehead atoms. The van der Waals surface area contributed by atoms with Gasteiger partial charge in [-0.25, -0.2) is 22.5 Å². The third-order valence-electron chi connectivity index (χ3n) is 5.29. The maximum absolute atomic E-state index is 13.9. The monoisotopic (exact) mass is 386 g/mol. The van der Waals surface area contributed by atoms with E-state index in [1.807, 2.05) is 0 Å². The number of rotatable bonds is 4. The van der Waals surface area contributed by atoms with Crippen LogP contribution in [0.25, 0.3) is 0 Å². The number of amides is 1. The highest BCUT2D eigenvalue weighted by molar-refractivity contribution is 5.97. The Morgan fingerprint density at radius 2 is 1.78 bits per heavy atom. The molecule has 1 saturated carbocycles. The van der Waals surface area contributed by atoms with Gasteiger partial charge in [-0.1, -0.05) is 6.07 Å². The van der Waals surface area contributed by atoms with E-state index in [9.17, 15) is 26.7 Å². The van der Waals surface area contributed by atoms with E-state index in [0.29, 0.717) is 5.56 Å². The number of allylic oxidation sites excluding steroid dienone is 2. The molecule has 1 N–H and O–H groups in total. The zero-order valence-electron chi connectivity index (χ0n) is 14.5. The second kappa shape index (κ2) is 7.40. The first-order valence-corrected chi connectivity index (χ1v) is 8.74. The minimum absolute atomic E-state index is 0.0541. The number of nitrogens with one attached hydrogen (secondary N) is 1. The SMILES string of the molecule is O=C(NCC1(c2ccc(F)nc2)CCC(F)(F)CC1)C1=C(F)CCC(F)=C1. The number of hydrogen-bond donors (Lipinski definition) is 1. The first-order valence-electron chi connectivity index (χ1n) is 8.74. The number of aromatic nitrogens is 1. The Kier molecular flexibility index (Phi) is 5.35. The predicted molar refractivity (Wildman–Crippen MR) is 88.9 cm³/mol. The molecular weight excluding hydrogens is 367 g/mol. The molecule has 0 spiro atoms. The van der Waals surface area contributed by atoms with Crippen molar-refractivity contribution in [2.45, 2.75) is 49.9 Å². The van der Waals surface area contributed by atoms with Crippen molar-refractivity contribution in [1.82, 2.24) is 10.3 Å². The Bertz CT molecular complexity index is 776. The van der Waals surface area contributed by atoms with Crippen LogP contribution in [-0.4, -0.2) is 23.4 Å². The van der Waals surface area contributed by atoms with Gasteiger partial charge >= 0.3 is 0 Å². The van der Waals surface area contributed by atoms with Crippen LogP contribution in [0, 0.1) is 5.95 Å². The van der Waals surface area contributed by atoms with Gasteiger partial charge in [0.15, 0.2) is 0 Å². The summed E-state index contributed by atoms with van der Waals surface area (Å²) >= 11 is 0. The highest BCUT2D eigenvalue weighted by Gasteiger charge is 2.44. The quantitative estimate of drug-likeness (QED) is 0.604. The number of hydrogen-bond acceptors (Lipinski definition) is 2. The lowest BCUT2D eigenvalue weighted by Crippen LogP contribution is -2.45. The van der Waals surface area contributed by atoms with Crippen molar-refractivity contribution < 1.29 is 26.7 Å². The topological polar surface area (TPSA) is 42.0 Å². The predicted octanol–water partition coefficient (Wildman–Crippen LogP) is 4.65. The summed E-state index contributed by atoms with van der Waals surface area (Å²) in [5.41, 5.74) is -0.724. The Labute approximate surface area is 153 Å². The maximum atomic E-state index is 13.9. The number of nitrogens with zero attached hydrogens (tertiary/aromatic N) is 1. The molecule has 0 aromatic carbocycles. The molecule has 146 valence electrons. The number of pyridine rings is 1. The molecule has 27 heavy (non-hydrogen) atoms. The van der Waals surface area contributed by atoms with E-state index in [1.165, 1.54) is 12.3 Å². The Morgan fingerprint density at radius 3 is 2.41 bits per heavy atom. The normalized spacial score (nSPS) is 21.6. The van der Waals surface area contributed by atoms with Crippen LogP contribution in [0.3, 0.4) is 0 Å². The van der Waals surface area contributed by atoms with Gasteiger partial charge in [-0.15, -0.1) is 0 Å². The second-order valence-corrected chi connectivity index (χ2v) is 7.10.